The summed E-state index contributed by atoms with van der Waals surface area (Å²) in [5.74, 6) is 0.155. The standard InChI is InChI=1S/C26H28ClF2N7.2C2H6/c1-17-15-34(23(18-3-7-20(28)8-4-18)19-5-9-21(29)10-6-19)13-14-36(17)25-22-24(32-26(27)33-25)35(16-31-22)12-11-30-2;2*1-2/h3-10,16-17,23,30H,11-15H2,1-2H3;2*1-2H3. The van der Waals surface area contributed by atoms with Crippen molar-refractivity contribution in [3.63, 3.8) is 0 Å². The Morgan fingerprint density at radius 3 is 2.02 bits per heavy atom. The van der Waals surface area contributed by atoms with Crippen LogP contribution in [-0.2, 0) is 6.54 Å². The summed E-state index contributed by atoms with van der Waals surface area (Å²) in [5, 5.41) is 3.33. The van der Waals surface area contributed by atoms with Gasteiger partial charge in [0, 0.05) is 38.8 Å². The number of nitrogens with zero attached hydrogens (tertiary/aromatic N) is 6. The summed E-state index contributed by atoms with van der Waals surface area (Å²) in [6, 6.07) is 13.0. The zero-order valence-electron chi connectivity index (χ0n) is 24.2. The first-order valence-corrected chi connectivity index (χ1v) is 14.4. The number of benzene rings is 2. The van der Waals surface area contributed by atoms with Gasteiger partial charge < -0.3 is 14.8 Å². The van der Waals surface area contributed by atoms with Crippen LogP contribution in [0.1, 0.15) is 51.8 Å². The van der Waals surface area contributed by atoms with Gasteiger partial charge in [-0.2, -0.15) is 9.97 Å². The molecule has 40 heavy (non-hydrogen) atoms. The second kappa shape index (κ2) is 15.0. The van der Waals surface area contributed by atoms with E-state index in [0.717, 1.165) is 35.6 Å². The molecule has 1 aliphatic heterocycles. The maximum absolute atomic E-state index is 13.7. The van der Waals surface area contributed by atoms with Crippen LogP contribution in [0.3, 0.4) is 0 Å². The molecule has 1 unspecified atom stereocenters. The van der Waals surface area contributed by atoms with Crippen LogP contribution in [0.4, 0.5) is 14.6 Å². The quantitative estimate of drug-likeness (QED) is 0.262. The molecule has 0 radical (unpaired) electrons. The third kappa shape index (κ3) is 7.13. The molecule has 1 atom stereocenters. The third-order valence-corrected chi connectivity index (χ3v) is 6.86. The molecular formula is C30H40ClF2N7. The molecule has 4 aromatic rings. The first-order valence-electron chi connectivity index (χ1n) is 14.0. The predicted molar refractivity (Wildman–Crippen MR) is 160 cm³/mol. The van der Waals surface area contributed by atoms with E-state index < -0.39 is 0 Å². The Morgan fingerprint density at radius 2 is 1.50 bits per heavy atom. The van der Waals surface area contributed by atoms with Crippen molar-refractivity contribution in [1.29, 1.82) is 0 Å². The lowest BCUT2D eigenvalue weighted by Gasteiger charge is -2.44. The maximum atomic E-state index is 13.7. The van der Waals surface area contributed by atoms with Crippen LogP contribution in [0.25, 0.3) is 11.2 Å². The van der Waals surface area contributed by atoms with E-state index in [4.69, 9.17) is 11.6 Å². The number of hydrogen-bond donors (Lipinski definition) is 1. The molecule has 3 heterocycles. The molecule has 7 nitrogen and oxygen atoms in total. The van der Waals surface area contributed by atoms with Crippen LogP contribution in [0.2, 0.25) is 5.28 Å². The Balaban J connectivity index is 0.00000106. The number of imidazole rings is 1. The highest BCUT2D eigenvalue weighted by molar-refractivity contribution is 6.28. The van der Waals surface area contributed by atoms with Crippen LogP contribution in [0.15, 0.2) is 54.9 Å². The fourth-order valence-corrected chi connectivity index (χ4v) is 5.10. The van der Waals surface area contributed by atoms with E-state index in [-0.39, 0.29) is 29.0 Å². The highest BCUT2D eigenvalue weighted by Crippen LogP contribution is 2.33. The van der Waals surface area contributed by atoms with Crippen molar-refractivity contribution in [1.82, 2.24) is 29.7 Å². The SMILES string of the molecule is CC.CC.CNCCn1cnc2c(N3CCN(C(c4ccc(F)cc4)c4ccc(F)cc4)CC3C)nc(Cl)nc21. The third-order valence-electron chi connectivity index (χ3n) is 6.69. The lowest BCUT2D eigenvalue weighted by molar-refractivity contribution is 0.187. The summed E-state index contributed by atoms with van der Waals surface area (Å²) in [6.07, 6.45) is 1.77. The molecule has 0 saturated carbocycles. The fourth-order valence-electron chi connectivity index (χ4n) is 4.94. The molecule has 2 aromatic carbocycles. The normalized spacial score (nSPS) is 15.4. The molecule has 1 N–H and O–H groups in total. The molecule has 1 fully saturated rings. The molecule has 5 rings (SSSR count). The molecule has 10 heteroatoms. The van der Waals surface area contributed by atoms with Gasteiger partial charge in [0.05, 0.1) is 12.4 Å². The number of aromatic nitrogens is 4. The van der Waals surface area contributed by atoms with E-state index in [0.29, 0.717) is 25.3 Å². The minimum atomic E-state index is -0.284. The highest BCUT2D eigenvalue weighted by atomic mass is 35.5. The smallest absolute Gasteiger partial charge is 0.226 e. The minimum absolute atomic E-state index is 0.0822. The number of likely N-dealkylation sites (N-methyl/N-ethyl adjacent to an activating group) is 1. The zero-order chi connectivity index (χ0) is 29.2. The molecule has 2 aromatic heterocycles. The van der Waals surface area contributed by atoms with Crippen molar-refractivity contribution in [2.75, 3.05) is 38.1 Å². The summed E-state index contributed by atoms with van der Waals surface area (Å²) >= 11 is 6.34. The summed E-state index contributed by atoms with van der Waals surface area (Å²) < 4.78 is 29.3. The van der Waals surface area contributed by atoms with Gasteiger partial charge in [-0.15, -0.1) is 0 Å². The lowest BCUT2D eigenvalue weighted by atomic mass is 9.95. The number of fused-ring (bicyclic) bond motifs is 1. The van der Waals surface area contributed by atoms with Gasteiger partial charge in [0.1, 0.15) is 11.6 Å². The Hall–Kier alpha value is -3.14. The number of anilines is 1. The summed E-state index contributed by atoms with van der Waals surface area (Å²) in [4.78, 5) is 18.2. The lowest BCUT2D eigenvalue weighted by Crippen LogP contribution is -2.53. The van der Waals surface area contributed by atoms with Crippen molar-refractivity contribution in [2.45, 2.75) is 53.2 Å². The van der Waals surface area contributed by atoms with E-state index >= 15 is 0 Å². The molecule has 0 amide bonds. The highest BCUT2D eigenvalue weighted by Gasteiger charge is 2.32. The van der Waals surface area contributed by atoms with Crippen LogP contribution in [-0.4, -0.2) is 63.7 Å². The summed E-state index contributed by atoms with van der Waals surface area (Å²) in [7, 11) is 1.90. The first kappa shape index (κ1) is 31.4. The summed E-state index contributed by atoms with van der Waals surface area (Å²) in [6.45, 7) is 13.8. The van der Waals surface area contributed by atoms with E-state index in [2.05, 4.69) is 37.0 Å². The van der Waals surface area contributed by atoms with Gasteiger partial charge in [-0.1, -0.05) is 52.0 Å². The van der Waals surface area contributed by atoms with Crippen LogP contribution in [0.5, 0.6) is 0 Å². The van der Waals surface area contributed by atoms with Gasteiger partial charge in [0.2, 0.25) is 5.28 Å². The van der Waals surface area contributed by atoms with Crippen LogP contribution < -0.4 is 10.2 Å². The maximum Gasteiger partial charge on any atom is 0.226 e. The van der Waals surface area contributed by atoms with E-state index in [1.807, 2.05) is 39.3 Å². The Labute approximate surface area is 241 Å². The van der Waals surface area contributed by atoms with Gasteiger partial charge in [-0.3, -0.25) is 4.90 Å². The number of hydrogen-bond acceptors (Lipinski definition) is 6. The molecular weight excluding hydrogens is 532 g/mol. The molecule has 1 aliphatic rings. The monoisotopic (exact) mass is 571 g/mol. The van der Waals surface area contributed by atoms with Gasteiger partial charge in [0.25, 0.3) is 0 Å². The zero-order valence-corrected chi connectivity index (χ0v) is 25.0. The Morgan fingerprint density at radius 1 is 0.925 bits per heavy atom. The molecule has 0 spiro atoms. The van der Waals surface area contributed by atoms with Gasteiger partial charge in [0.15, 0.2) is 17.0 Å². The predicted octanol–water partition coefficient (Wildman–Crippen LogP) is 6.33. The largest absolute Gasteiger partial charge is 0.349 e. The van der Waals surface area contributed by atoms with Gasteiger partial charge in [-0.05, 0) is 61.0 Å². The molecule has 216 valence electrons. The molecule has 1 saturated heterocycles. The second-order valence-corrected chi connectivity index (χ2v) is 9.41. The average molecular weight is 572 g/mol. The Bertz CT molecular complexity index is 1280. The van der Waals surface area contributed by atoms with E-state index in [1.165, 1.54) is 24.3 Å². The van der Waals surface area contributed by atoms with Gasteiger partial charge >= 0.3 is 0 Å². The topological polar surface area (TPSA) is 62.1 Å². The van der Waals surface area contributed by atoms with Crippen molar-refractivity contribution in [2.24, 2.45) is 0 Å². The summed E-state index contributed by atoms with van der Waals surface area (Å²) in [5.41, 5.74) is 3.36. The van der Waals surface area contributed by atoms with E-state index in [9.17, 15) is 8.78 Å². The minimum Gasteiger partial charge on any atom is -0.349 e. The average Bonchev–Trinajstić information content (AvgIpc) is 3.38. The van der Waals surface area contributed by atoms with Crippen molar-refractivity contribution in [3.8, 4) is 0 Å². The van der Waals surface area contributed by atoms with Gasteiger partial charge in [-0.25, -0.2) is 13.8 Å². The van der Waals surface area contributed by atoms with Crippen LogP contribution in [0, 0.1) is 11.6 Å². The molecule has 0 aliphatic carbocycles. The molecule has 0 bridgehead atoms. The Kier molecular flexibility index (Phi) is 11.8. The van der Waals surface area contributed by atoms with E-state index in [1.54, 1.807) is 30.6 Å². The number of halogens is 3. The number of piperazine rings is 1. The van der Waals surface area contributed by atoms with Crippen molar-refractivity contribution >= 4 is 28.6 Å². The van der Waals surface area contributed by atoms with Crippen molar-refractivity contribution in [3.05, 3.63) is 82.9 Å². The van der Waals surface area contributed by atoms with Crippen LogP contribution >= 0.6 is 11.6 Å². The van der Waals surface area contributed by atoms with Crippen molar-refractivity contribution < 1.29 is 8.78 Å². The first-order chi connectivity index (χ1) is 19.4. The number of rotatable bonds is 7. The second-order valence-electron chi connectivity index (χ2n) is 9.07. The fraction of sp³-hybridized carbons (Fsp3) is 0.433. The number of nitrogens with one attached hydrogen (secondary N) is 1.